The highest BCUT2D eigenvalue weighted by atomic mass is 28.3. The zero-order valence-electron chi connectivity index (χ0n) is 12.0. The molecular formula is C13H25NO3Si. The molecule has 1 unspecified atom stereocenters. The predicted molar refractivity (Wildman–Crippen MR) is 73.7 cm³/mol. The molecule has 0 aliphatic carbocycles. The van der Waals surface area contributed by atoms with Crippen molar-refractivity contribution in [2.45, 2.75) is 64.7 Å². The van der Waals surface area contributed by atoms with Gasteiger partial charge < -0.3 is 9.30 Å². The van der Waals surface area contributed by atoms with Crippen LogP contribution in [0.1, 0.15) is 39.0 Å². The monoisotopic (exact) mass is 271 g/mol. The highest BCUT2D eigenvalue weighted by molar-refractivity contribution is 6.75. The van der Waals surface area contributed by atoms with Crippen LogP contribution in [0.15, 0.2) is 0 Å². The Hall–Kier alpha value is -0.843. The highest BCUT2D eigenvalue weighted by Crippen LogP contribution is 2.26. The van der Waals surface area contributed by atoms with Gasteiger partial charge >= 0.3 is 5.97 Å². The molecule has 0 spiro atoms. The van der Waals surface area contributed by atoms with Gasteiger partial charge in [0.15, 0.2) is 8.24 Å². The summed E-state index contributed by atoms with van der Waals surface area (Å²) in [4.78, 5) is 23.9. The number of hydrogen-bond donors (Lipinski definition) is 0. The van der Waals surface area contributed by atoms with E-state index in [4.69, 9.17) is 4.74 Å². The standard InChI is InChI=1S/C13H25NO3Si/c1-5-6-7-10-17-13(16)11-8-9-12(15)14(11)18(2,3)4/h11H,5-10H2,1-4H3. The molecule has 0 aromatic rings. The first-order valence-electron chi connectivity index (χ1n) is 6.86. The number of nitrogens with zero attached hydrogens (tertiary/aromatic N) is 1. The summed E-state index contributed by atoms with van der Waals surface area (Å²) in [6.07, 6.45) is 4.21. The maximum absolute atomic E-state index is 12.0. The van der Waals surface area contributed by atoms with Crippen LogP contribution < -0.4 is 0 Å². The average molecular weight is 271 g/mol. The van der Waals surface area contributed by atoms with Crippen molar-refractivity contribution >= 4 is 20.1 Å². The molecule has 1 atom stereocenters. The van der Waals surface area contributed by atoms with Gasteiger partial charge in [-0.05, 0) is 12.8 Å². The second kappa shape index (κ2) is 6.36. The van der Waals surface area contributed by atoms with Crippen molar-refractivity contribution in [3.05, 3.63) is 0 Å². The lowest BCUT2D eigenvalue weighted by molar-refractivity contribution is -0.149. The minimum atomic E-state index is -1.78. The van der Waals surface area contributed by atoms with Gasteiger partial charge in [0, 0.05) is 6.42 Å². The largest absolute Gasteiger partial charge is 0.464 e. The number of hydrogen-bond acceptors (Lipinski definition) is 3. The summed E-state index contributed by atoms with van der Waals surface area (Å²) in [7, 11) is -1.78. The topological polar surface area (TPSA) is 46.6 Å². The first-order chi connectivity index (χ1) is 8.38. The van der Waals surface area contributed by atoms with Gasteiger partial charge in [0.05, 0.1) is 6.61 Å². The van der Waals surface area contributed by atoms with Crippen molar-refractivity contribution in [2.24, 2.45) is 0 Å². The van der Waals surface area contributed by atoms with Gasteiger partial charge in [0.25, 0.3) is 0 Å². The Kier molecular flexibility index (Phi) is 5.38. The number of carbonyl (C=O) groups is 2. The van der Waals surface area contributed by atoms with Crippen molar-refractivity contribution < 1.29 is 14.3 Å². The summed E-state index contributed by atoms with van der Waals surface area (Å²) in [5, 5.41) is 0. The second-order valence-corrected chi connectivity index (χ2v) is 10.7. The smallest absolute Gasteiger partial charge is 0.328 e. The van der Waals surface area contributed by atoms with Crippen LogP contribution in [0.2, 0.25) is 19.6 Å². The number of rotatable bonds is 6. The van der Waals surface area contributed by atoms with Gasteiger partial charge in [-0.25, -0.2) is 4.79 Å². The van der Waals surface area contributed by atoms with Gasteiger partial charge in [-0.15, -0.1) is 0 Å². The van der Waals surface area contributed by atoms with E-state index in [1.165, 1.54) is 0 Å². The fourth-order valence-corrected chi connectivity index (χ4v) is 4.40. The number of amides is 1. The number of carbonyl (C=O) groups excluding carboxylic acids is 2. The third-order valence-electron chi connectivity index (χ3n) is 3.20. The third kappa shape index (κ3) is 3.83. The predicted octanol–water partition coefficient (Wildman–Crippen LogP) is 2.55. The van der Waals surface area contributed by atoms with E-state index in [1.54, 1.807) is 0 Å². The van der Waals surface area contributed by atoms with Crippen LogP contribution in [0.3, 0.4) is 0 Å². The molecule has 18 heavy (non-hydrogen) atoms. The quantitative estimate of drug-likeness (QED) is 0.424. The van der Waals surface area contributed by atoms with Crippen molar-refractivity contribution in [2.75, 3.05) is 6.61 Å². The summed E-state index contributed by atoms with van der Waals surface area (Å²) in [6.45, 7) is 8.87. The zero-order chi connectivity index (χ0) is 13.8. The lowest BCUT2D eigenvalue weighted by atomic mass is 10.2. The van der Waals surface area contributed by atoms with Gasteiger partial charge in [-0.3, -0.25) is 4.79 Å². The van der Waals surface area contributed by atoms with Crippen LogP contribution in [-0.2, 0) is 14.3 Å². The molecule has 1 rings (SSSR count). The van der Waals surface area contributed by atoms with Crippen molar-refractivity contribution in [3.8, 4) is 0 Å². The summed E-state index contributed by atoms with van der Waals surface area (Å²) >= 11 is 0. The Labute approximate surface area is 111 Å². The van der Waals surface area contributed by atoms with Crippen molar-refractivity contribution in [3.63, 3.8) is 0 Å². The normalized spacial score (nSPS) is 20.3. The lowest BCUT2D eigenvalue weighted by Gasteiger charge is -2.34. The molecule has 104 valence electrons. The van der Waals surface area contributed by atoms with E-state index in [1.807, 2.05) is 4.57 Å². The molecule has 0 saturated carbocycles. The van der Waals surface area contributed by atoms with Crippen molar-refractivity contribution in [1.29, 1.82) is 0 Å². The highest BCUT2D eigenvalue weighted by Gasteiger charge is 2.43. The first-order valence-corrected chi connectivity index (χ1v) is 10.3. The van der Waals surface area contributed by atoms with E-state index >= 15 is 0 Å². The molecule has 4 nitrogen and oxygen atoms in total. The van der Waals surface area contributed by atoms with E-state index in [0.29, 0.717) is 19.4 Å². The summed E-state index contributed by atoms with van der Waals surface area (Å²) in [5.74, 6) is -0.0935. The Morgan fingerprint density at radius 2 is 2.06 bits per heavy atom. The molecule has 0 aromatic heterocycles. The Morgan fingerprint density at radius 1 is 1.39 bits per heavy atom. The maximum atomic E-state index is 12.0. The van der Waals surface area contributed by atoms with Crippen LogP contribution in [0.5, 0.6) is 0 Å². The molecule has 0 aromatic carbocycles. The fraction of sp³-hybridized carbons (Fsp3) is 0.846. The van der Waals surface area contributed by atoms with Crippen LogP contribution in [0.4, 0.5) is 0 Å². The Balaban J connectivity index is 2.54. The molecule has 1 saturated heterocycles. The number of unbranched alkanes of at least 4 members (excludes halogenated alkanes) is 2. The number of esters is 1. The van der Waals surface area contributed by atoms with Gasteiger partial charge in [-0.1, -0.05) is 39.4 Å². The van der Waals surface area contributed by atoms with E-state index in [2.05, 4.69) is 26.6 Å². The summed E-state index contributed by atoms with van der Waals surface area (Å²) < 4.78 is 7.11. The first kappa shape index (κ1) is 15.2. The molecule has 1 amide bonds. The van der Waals surface area contributed by atoms with Crippen LogP contribution in [0, 0.1) is 0 Å². The Bertz CT molecular complexity index is 312. The van der Waals surface area contributed by atoms with Crippen LogP contribution in [0.25, 0.3) is 0 Å². The van der Waals surface area contributed by atoms with Gasteiger partial charge in [-0.2, -0.15) is 0 Å². The maximum Gasteiger partial charge on any atom is 0.328 e. The third-order valence-corrected chi connectivity index (χ3v) is 5.21. The fourth-order valence-electron chi connectivity index (χ4n) is 2.37. The average Bonchev–Trinajstić information content (AvgIpc) is 2.66. The van der Waals surface area contributed by atoms with E-state index in [0.717, 1.165) is 19.3 Å². The molecular weight excluding hydrogens is 246 g/mol. The summed E-state index contributed by atoms with van der Waals surface area (Å²) in [5.41, 5.74) is 0. The molecule has 5 heteroatoms. The molecule has 1 aliphatic heterocycles. The summed E-state index contributed by atoms with van der Waals surface area (Å²) in [6, 6.07) is -0.328. The molecule has 1 heterocycles. The molecule has 1 aliphatic rings. The number of ether oxygens (including phenoxy) is 1. The van der Waals surface area contributed by atoms with Gasteiger partial charge in [0.1, 0.15) is 6.04 Å². The second-order valence-electron chi connectivity index (χ2n) is 5.86. The zero-order valence-corrected chi connectivity index (χ0v) is 13.0. The van der Waals surface area contributed by atoms with E-state index in [9.17, 15) is 9.59 Å². The lowest BCUT2D eigenvalue weighted by Crippen LogP contribution is -2.53. The van der Waals surface area contributed by atoms with Crippen LogP contribution in [-0.4, -0.2) is 37.3 Å². The SMILES string of the molecule is CCCCCOC(=O)C1CCC(=O)N1[Si](C)(C)C. The molecule has 0 bridgehead atoms. The minimum Gasteiger partial charge on any atom is -0.464 e. The van der Waals surface area contributed by atoms with Gasteiger partial charge in [0.2, 0.25) is 5.91 Å². The molecule has 0 radical (unpaired) electrons. The van der Waals surface area contributed by atoms with E-state index < -0.39 is 8.24 Å². The molecule has 0 N–H and O–H groups in total. The Morgan fingerprint density at radius 3 is 2.61 bits per heavy atom. The van der Waals surface area contributed by atoms with E-state index in [-0.39, 0.29) is 17.9 Å². The minimum absolute atomic E-state index is 0.115. The van der Waals surface area contributed by atoms with Crippen molar-refractivity contribution in [1.82, 2.24) is 4.57 Å². The van der Waals surface area contributed by atoms with Crippen LogP contribution >= 0.6 is 0 Å². The molecule has 1 fully saturated rings.